The number of unbranched alkanes of at least 4 members (excludes halogenated alkanes) is 9. The largest absolute Gasteiger partial charge is 0.369 e. The summed E-state index contributed by atoms with van der Waals surface area (Å²) < 4.78 is 0. The lowest BCUT2D eigenvalue weighted by Gasteiger charge is -2.34. The molecule has 0 fully saturated rings. The first kappa shape index (κ1) is 31.8. The summed E-state index contributed by atoms with van der Waals surface area (Å²) in [6.07, 6.45) is 11.1. The van der Waals surface area contributed by atoms with Crippen LogP contribution in [0, 0.1) is 0 Å². The lowest BCUT2D eigenvalue weighted by Crippen LogP contribution is -2.40. The van der Waals surface area contributed by atoms with Crippen LogP contribution in [0.2, 0.25) is 0 Å². The van der Waals surface area contributed by atoms with E-state index in [-0.39, 0.29) is 17.7 Å². The van der Waals surface area contributed by atoms with Gasteiger partial charge in [0.15, 0.2) is 6.23 Å². The highest BCUT2D eigenvalue weighted by Gasteiger charge is 2.37. The van der Waals surface area contributed by atoms with Crippen molar-refractivity contribution >= 4 is 79.1 Å². The Balaban J connectivity index is 1.13. The highest BCUT2D eigenvalue weighted by molar-refractivity contribution is 7.80. The maximum absolute atomic E-state index is 13.9. The topological polar surface area (TPSA) is 77.9 Å². The predicted molar refractivity (Wildman–Crippen MR) is 200 cm³/mol. The van der Waals surface area contributed by atoms with Gasteiger partial charge in [-0.05, 0) is 81.2 Å². The molecule has 0 saturated carbocycles. The normalized spacial score (nSPS) is 16.0. The molecular formula is C42H40N2O4S. The molecule has 0 spiro atoms. The Morgan fingerprint density at radius 1 is 0.551 bits per heavy atom. The van der Waals surface area contributed by atoms with Crippen LogP contribution in [-0.4, -0.2) is 34.3 Å². The lowest BCUT2D eigenvalue weighted by molar-refractivity contribution is 0.00419. The molecule has 0 bridgehead atoms. The third-order valence-corrected chi connectivity index (χ3v) is 11.0. The van der Waals surface area contributed by atoms with Crippen LogP contribution in [0.3, 0.4) is 0 Å². The molecule has 1 atom stereocenters. The van der Waals surface area contributed by atoms with Gasteiger partial charge in [0.2, 0.25) is 0 Å². The van der Waals surface area contributed by atoms with Gasteiger partial charge in [-0.3, -0.25) is 14.4 Å². The van der Waals surface area contributed by atoms with E-state index in [0.717, 1.165) is 67.4 Å². The quantitative estimate of drug-likeness (QED) is 0.0447. The molecule has 0 aliphatic carbocycles. The fourth-order valence-corrected chi connectivity index (χ4v) is 8.41. The maximum atomic E-state index is 13.9. The van der Waals surface area contributed by atoms with Crippen LogP contribution in [0.1, 0.15) is 114 Å². The van der Waals surface area contributed by atoms with Crippen LogP contribution in [0.15, 0.2) is 77.7 Å². The predicted octanol–water partition coefficient (Wildman–Crippen LogP) is 10.2. The van der Waals surface area contributed by atoms with E-state index in [2.05, 4.69) is 19.6 Å². The van der Waals surface area contributed by atoms with Gasteiger partial charge in [-0.2, -0.15) is 0 Å². The molecule has 248 valence electrons. The molecule has 0 saturated heterocycles. The Hall–Kier alpha value is -4.46. The van der Waals surface area contributed by atoms with E-state index in [1.165, 1.54) is 49.8 Å². The minimum absolute atomic E-state index is 0.141. The van der Waals surface area contributed by atoms with Gasteiger partial charge in [0.1, 0.15) is 0 Å². The summed E-state index contributed by atoms with van der Waals surface area (Å²) in [5.74, 6) is -0.862. The molecule has 6 nitrogen and oxygen atoms in total. The average molecular weight is 669 g/mol. The number of aliphatic hydroxyl groups excluding tert-OH is 1. The number of fused-ring (bicyclic) bond motifs is 2. The van der Waals surface area contributed by atoms with Crippen LogP contribution in [-0.2, 0) is 0 Å². The van der Waals surface area contributed by atoms with Gasteiger partial charge in [0.25, 0.3) is 17.7 Å². The Morgan fingerprint density at radius 3 is 1.57 bits per heavy atom. The standard InChI is InChI=1S/C42H40N2O4S/c1-2-3-4-5-6-7-8-9-10-11-24-43-39(45)31-20-16-27-29-18-22-33-38-34(42(48)44(41(33)47)25-12-14-26(49)15-13-25)23-19-30(36(29)38)28-17-21-32(40(43)46)37(31)35(27)28/h12-23,39,45,49H,2-11,24H2,1H3. The monoisotopic (exact) mass is 668 g/mol. The van der Waals surface area contributed by atoms with Crippen molar-refractivity contribution in [3.05, 3.63) is 95.1 Å². The molecule has 2 aliphatic heterocycles. The zero-order valence-electron chi connectivity index (χ0n) is 27.8. The molecule has 8 rings (SSSR count). The third kappa shape index (κ3) is 5.09. The van der Waals surface area contributed by atoms with Gasteiger partial charge >= 0.3 is 0 Å². The fraction of sp³-hybridized carbons (Fsp3) is 0.310. The summed E-state index contributed by atoms with van der Waals surface area (Å²) in [4.78, 5) is 45.3. The smallest absolute Gasteiger partial charge is 0.265 e. The first-order valence-corrected chi connectivity index (χ1v) is 18.2. The molecule has 1 unspecified atom stereocenters. The Kier molecular flexibility index (Phi) is 8.29. The van der Waals surface area contributed by atoms with Crippen molar-refractivity contribution in [3.63, 3.8) is 0 Å². The summed E-state index contributed by atoms with van der Waals surface area (Å²) in [6.45, 7) is 2.76. The number of anilines is 1. The van der Waals surface area contributed by atoms with E-state index in [9.17, 15) is 19.5 Å². The molecule has 3 amide bonds. The molecule has 0 radical (unpaired) electrons. The van der Waals surface area contributed by atoms with Crippen LogP contribution < -0.4 is 4.90 Å². The molecule has 2 heterocycles. The van der Waals surface area contributed by atoms with E-state index in [4.69, 9.17) is 0 Å². The molecule has 6 aromatic rings. The number of hydrogen-bond acceptors (Lipinski definition) is 5. The number of thiol groups is 1. The average Bonchev–Trinajstić information content (AvgIpc) is 3.11. The molecule has 2 aliphatic rings. The second-order valence-corrected chi connectivity index (χ2v) is 14.2. The minimum Gasteiger partial charge on any atom is -0.369 e. The molecule has 0 aromatic heterocycles. The van der Waals surface area contributed by atoms with Gasteiger partial charge in [-0.1, -0.05) is 95.0 Å². The first-order valence-electron chi connectivity index (χ1n) is 17.8. The van der Waals surface area contributed by atoms with Gasteiger partial charge in [-0.15, -0.1) is 12.6 Å². The number of amides is 3. The van der Waals surface area contributed by atoms with Crippen molar-refractivity contribution < 1.29 is 19.5 Å². The SMILES string of the molecule is CCCCCCCCCCCCN1C(=O)c2ccc3c4ccc5c6c(ccc(c7ccc(c2c37)C1O)c64)C(=O)N(c1ccc(S)cc1)C5=O. The van der Waals surface area contributed by atoms with Crippen molar-refractivity contribution in [3.8, 4) is 0 Å². The zero-order chi connectivity index (χ0) is 33.8. The van der Waals surface area contributed by atoms with Crippen molar-refractivity contribution in [1.82, 2.24) is 4.90 Å². The van der Waals surface area contributed by atoms with Crippen molar-refractivity contribution in [2.24, 2.45) is 0 Å². The van der Waals surface area contributed by atoms with Crippen LogP contribution in [0.4, 0.5) is 5.69 Å². The van der Waals surface area contributed by atoms with E-state index in [1.807, 2.05) is 48.5 Å². The minimum atomic E-state index is -1.02. The van der Waals surface area contributed by atoms with E-state index >= 15 is 0 Å². The molecule has 6 aromatic carbocycles. The zero-order valence-corrected chi connectivity index (χ0v) is 28.7. The van der Waals surface area contributed by atoms with E-state index in [0.29, 0.717) is 34.3 Å². The summed E-state index contributed by atoms with van der Waals surface area (Å²) in [5.41, 5.74) is 2.81. The number of imide groups is 1. The van der Waals surface area contributed by atoms with Crippen LogP contribution >= 0.6 is 12.6 Å². The number of rotatable bonds is 12. The summed E-state index contributed by atoms with van der Waals surface area (Å²) in [6, 6.07) is 22.4. The van der Waals surface area contributed by atoms with Crippen LogP contribution in [0.5, 0.6) is 0 Å². The number of benzene rings is 6. The Labute approximate surface area is 291 Å². The highest BCUT2D eigenvalue weighted by atomic mass is 32.1. The molecular weight excluding hydrogens is 629 g/mol. The third-order valence-electron chi connectivity index (χ3n) is 10.7. The highest BCUT2D eigenvalue weighted by Crippen LogP contribution is 2.47. The van der Waals surface area contributed by atoms with Crippen molar-refractivity contribution in [2.45, 2.75) is 82.3 Å². The summed E-state index contributed by atoms with van der Waals surface area (Å²) >= 11 is 4.35. The fourth-order valence-electron chi connectivity index (χ4n) is 8.26. The second kappa shape index (κ2) is 12.8. The second-order valence-electron chi connectivity index (χ2n) is 13.7. The van der Waals surface area contributed by atoms with E-state index < -0.39 is 6.23 Å². The molecule has 49 heavy (non-hydrogen) atoms. The number of carbonyl (C=O) groups excluding carboxylic acids is 3. The van der Waals surface area contributed by atoms with Gasteiger partial charge in [0.05, 0.1) is 5.69 Å². The number of aliphatic hydroxyl groups is 1. The number of carbonyl (C=O) groups is 3. The Bertz CT molecular complexity index is 2210. The number of hydrogen-bond donors (Lipinski definition) is 2. The maximum Gasteiger partial charge on any atom is 0.265 e. The van der Waals surface area contributed by atoms with Crippen LogP contribution in [0.25, 0.3) is 43.1 Å². The van der Waals surface area contributed by atoms with E-state index in [1.54, 1.807) is 29.2 Å². The Morgan fingerprint density at radius 2 is 1.02 bits per heavy atom. The lowest BCUT2D eigenvalue weighted by atomic mass is 9.82. The van der Waals surface area contributed by atoms with Gasteiger partial charge < -0.3 is 10.0 Å². The first-order chi connectivity index (χ1) is 23.9. The van der Waals surface area contributed by atoms with Gasteiger partial charge in [-0.25, -0.2) is 4.90 Å². The molecule has 1 N–H and O–H groups in total. The number of nitrogens with zero attached hydrogens (tertiary/aromatic N) is 2. The van der Waals surface area contributed by atoms with Crippen molar-refractivity contribution in [1.29, 1.82) is 0 Å². The summed E-state index contributed by atoms with van der Waals surface area (Å²) in [7, 11) is 0. The van der Waals surface area contributed by atoms with Crippen molar-refractivity contribution in [2.75, 3.05) is 11.4 Å². The summed E-state index contributed by atoms with van der Waals surface area (Å²) in [5, 5.41) is 18.5. The molecule has 7 heteroatoms. The van der Waals surface area contributed by atoms with Gasteiger partial charge in [0, 0.05) is 44.5 Å².